The molecule has 1 unspecified atom stereocenters. The maximum absolute atomic E-state index is 12.1. The number of hydrogen-bond donors (Lipinski definition) is 2. The number of benzene rings is 2. The topological polar surface area (TPSA) is 67.4 Å². The molecule has 0 aliphatic carbocycles. The SMILES string of the molecule is CC(Oc1ccc2ccccc2c1)C(=O)NNC(=O)CCc1ccsc1. The highest BCUT2D eigenvalue weighted by Crippen LogP contribution is 2.21. The van der Waals surface area contributed by atoms with Crippen LogP contribution < -0.4 is 15.6 Å². The summed E-state index contributed by atoms with van der Waals surface area (Å²) in [6, 6.07) is 15.6. The van der Waals surface area contributed by atoms with Crippen molar-refractivity contribution in [2.75, 3.05) is 0 Å². The Hall–Kier alpha value is -2.86. The van der Waals surface area contributed by atoms with Crippen LogP contribution in [0.15, 0.2) is 59.3 Å². The number of ether oxygens (including phenoxy) is 1. The average molecular weight is 368 g/mol. The number of rotatable bonds is 6. The Morgan fingerprint density at radius 2 is 1.88 bits per heavy atom. The van der Waals surface area contributed by atoms with Gasteiger partial charge in [0.2, 0.25) is 5.91 Å². The molecule has 26 heavy (non-hydrogen) atoms. The van der Waals surface area contributed by atoms with Gasteiger partial charge in [-0.15, -0.1) is 0 Å². The van der Waals surface area contributed by atoms with Crippen molar-refractivity contribution in [3.63, 3.8) is 0 Å². The first-order valence-electron chi connectivity index (χ1n) is 8.37. The fourth-order valence-corrected chi connectivity index (χ4v) is 3.19. The molecular formula is C20H20N2O3S. The maximum Gasteiger partial charge on any atom is 0.279 e. The van der Waals surface area contributed by atoms with Crippen molar-refractivity contribution in [2.24, 2.45) is 0 Å². The van der Waals surface area contributed by atoms with E-state index >= 15 is 0 Å². The summed E-state index contributed by atoms with van der Waals surface area (Å²) in [7, 11) is 0. The number of fused-ring (bicyclic) bond motifs is 1. The Labute approximate surface area is 156 Å². The van der Waals surface area contributed by atoms with Gasteiger partial charge in [-0.2, -0.15) is 11.3 Å². The van der Waals surface area contributed by atoms with E-state index in [0.29, 0.717) is 18.6 Å². The highest BCUT2D eigenvalue weighted by atomic mass is 32.1. The van der Waals surface area contributed by atoms with E-state index in [9.17, 15) is 9.59 Å². The van der Waals surface area contributed by atoms with Gasteiger partial charge in [0.05, 0.1) is 0 Å². The fourth-order valence-electron chi connectivity index (χ4n) is 2.49. The quantitative estimate of drug-likeness (QED) is 0.655. The second-order valence-electron chi connectivity index (χ2n) is 5.94. The first-order valence-corrected chi connectivity index (χ1v) is 9.31. The van der Waals surface area contributed by atoms with Crippen molar-refractivity contribution < 1.29 is 14.3 Å². The zero-order valence-electron chi connectivity index (χ0n) is 14.4. The molecule has 0 saturated heterocycles. The summed E-state index contributed by atoms with van der Waals surface area (Å²) in [5.74, 6) is -0.0281. The lowest BCUT2D eigenvalue weighted by Gasteiger charge is -2.15. The number of nitrogens with one attached hydrogen (secondary N) is 2. The average Bonchev–Trinajstić information content (AvgIpc) is 3.18. The van der Waals surface area contributed by atoms with Crippen LogP contribution in [0.4, 0.5) is 0 Å². The molecule has 2 N–H and O–H groups in total. The summed E-state index contributed by atoms with van der Waals surface area (Å²) in [5.41, 5.74) is 5.95. The molecule has 0 bridgehead atoms. The first kappa shape index (κ1) is 17.9. The lowest BCUT2D eigenvalue weighted by Crippen LogP contribution is -2.47. The van der Waals surface area contributed by atoms with Crippen LogP contribution in [-0.2, 0) is 16.0 Å². The highest BCUT2D eigenvalue weighted by molar-refractivity contribution is 7.07. The van der Waals surface area contributed by atoms with Crippen molar-refractivity contribution in [3.8, 4) is 5.75 Å². The molecule has 6 heteroatoms. The minimum atomic E-state index is -0.728. The number of carbonyl (C=O) groups is 2. The molecule has 0 radical (unpaired) electrons. The summed E-state index contributed by atoms with van der Waals surface area (Å²) in [5, 5.41) is 6.13. The third-order valence-corrected chi connectivity index (χ3v) is 4.68. The van der Waals surface area contributed by atoms with Crippen molar-refractivity contribution in [3.05, 3.63) is 64.9 Å². The van der Waals surface area contributed by atoms with Gasteiger partial charge in [0.25, 0.3) is 5.91 Å². The molecule has 3 rings (SSSR count). The minimum absolute atomic E-state index is 0.234. The molecule has 0 aliphatic rings. The van der Waals surface area contributed by atoms with Crippen molar-refractivity contribution >= 4 is 33.9 Å². The smallest absolute Gasteiger partial charge is 0.279 e. The van der Waals surface area contributed by atoms with Gasteiger partial charge < -0.3 is 4.74 Å². The minimum Gasteiger partial charge on any atom is -0.481 e. The molecule has 0 fully saturated rings. The Kier molecular flexibility index (Phi) is 5.86. The second-order valence-corrected chi connectivity index (χ2v) is 6.72. The van der Waals surface area contributed by atoms with E-state index in [-0.39, 0.29) is 5.91 Å². The van der Waals surface area contributed by atoms with E-state index in [0.717, 1.165) is 16.3 Å². The van der Waals surface area contributed by atoms with Gasteiger partial charge >= 0.3 is 0 Å². The van der Waals surface area contributed by atoms with Crippen LogP contribution in [0.5, 0.6) is 5.75 Å². The standard InChI is InChI=1S/C20H20N2O3S/c1-14(25-18-8-7-16-4-2-3-5-17(16)12-18)20(24)22-21-19(23)9-6-15-10-11-26-13-15/h2-5,7-8,10-14H,6,9H2,1H3,(H,21,23)(H,22,24). The zero-order valence-corrected chi connectivity index (χ0v) is 15.2. The van der Waals surface area contributed by atoms with Gasteiger partial charge in [-0.3, -0.25) is 20.4 Å². The van der Waals surface area contributed by atoms with Gasteiger partial charge in [-0.1, -0.05) is 30.3 Å². The molecule has 1 heterocycles. The van der Waals surface area contributed by atoms with Gasteiger partial charge in [-0.05, 0) is 58.6 Å². The number of thiophene rings is 1. The molecule has 1 atom stereocenters. The largest absolute Gasteiger partial charge is 0.481 e. The summed E-state index contributed by atoms with van der Waals surface area (Å²) >= 11 is 1.60. The van der Waals surface area contributed by atoms with Gasteiger partial charge in [0.15, 0.2) is 6.10 Å². The summed E-state index contributed by atoms with van der Waals surface area (Å²) in [4.78, 5) is 23.9. The molecule has 0 spiro atoms. The highest BCUT2D eigenvalue weighted by Gasteiger charge is 2.15. The molecule has 2 amide bonds. The van der Waals surface area contributed by atoms with Crippen molar-refractivity contribution in [2.45, 2.75) is 25.9 Å². The third kappa shape index (κ3) is 4.83. The van der Waals surface area contributed by atoms with Crippen LogP contribution in [-0.4, -0.2) is 17.9 Å². The van der Waals surface area contributed by atoms with Crippen LogP contribution in [0.1, 0.15) is 18.9 Å². The van der Waals surface area contributed by atoms with Crippen LogP contribution >= 0.6 is 11.3 Å². The molecule has 0 saturated carbocycles. The fraction of sp³-hybridized carbons (Fsp3) is 0.200. The number of hydrogen-bond acceptors (Lipinski definition) is 4. The Bertz CT molecular complexity index is 893. The van der Waals surface area contributed by atoms with Gasteiger partial charge in [-0.25, -0.2) is 0 Å². The Morgan fingerprint density at radius 3 is 2.65 bits per heavy atom. The van der Waals surface area contributed by atoms with E-state index in [4.69, 9.17) is 4.74 Å². The molecule has 5 nitrogen and oxygen atoms in total. The summed E-state index contributed by atoms with van der Waals surface area (Å²) in [6.45, 7) is 1.64. The molecule has 0 aliphatic heterocycles. The number of hydrazine groups is 1. The normalized spacial score (nSPS) is 11.7. The van der Waals surface area contributed by atoms with E-state index in [2.05, 4.69) is 10.9 Å². The molecule has 2 aromatic carbocycles. The number of carbonyl (C=O) groups excluding carboxylic acids is 2. The number of amides is 2. The van der Waals surface area contributed by atoms with E-state index in [1.54, 1.807) is 18.3 Å². The summed E-state index contributed by atoms with van der Waals surface area (Å²) < 4.78 is 5.67. The van der Waals surface area contributed by atoms with Crippen LogP contribution in [0.2, 0.25) is 0 Å². The van der Waals surface area contributed by atoms with Crippen LogP contribution in [0.3, 0.4) is 0 Å². The second kappa shape index (κ2) is 8.49. The summed E-state index contributed by atoms with van der Waals surface area (Å²) in [6.07, 6.45) is 0.235. The predicted molar refractivity (Wildman–Crippen MR) is 103 cm³/mol. The molecule has 1 aromatic heterocycles. The molecular weight excluding hydrogens is 348 g/mol. The third-order valence-electron chi connectivity index (χ3n) is 3.95. The Balaban J connectivity index is 1.46. The lowest BCUT2D eigenvalue weighted by molar-refractivity contribution is -0.132. The van der Waals surface area contributed by atoms with Gasteiger partial charge in [0, 0.05) is 6.42 Å². The maximum atomic E-state index is 12.1. The van der Waals surface area contributed by atoms with Gasteiger partial charge in [0.1, 0.15) is 5.75 Å². The molecule has 134 valence electrons. The van der Waals surface area contributed by atoms with E-state index < -0.39 is 12.0 Å². The van der Waals surface area contributed by atoms with Crippen LogP contribution in [0.25, 0.3) is 10.8 Å². The monoisotopic (exact) mass is 368 g/mol. The van der Waals surface area contributed by atoms with Crippen molar-refractivity contribution in [1.82, 2.24) is 10.9 Å². The number of aryl methyl sites for hydroxylation is 1. The predicted octanol–water partition coefficient (Wildman–Crippen LogP) is 3.45. The van der Waals surface area contributed by atoms with E-state index in [1.807, 2.05) is 59.3 Å². The van der Waals surface area contributed by atoms with Crippen LogP contribution in [0, 0.1) is 0 Å². The molecule has 3 aromatic rings. The zero-order chi connectivity index (χ0) is 18.4. The Morgan fingerprint density at radius 1 is 1.08 bits per heavy atom. The van der Waals surface area contributed by atoms with E-state index in [1.165, 1.54) is 0 Å². The van der Waals surface area contributed by atoms with Crippen molar-refractivity contribution in [1.29, 1.82) is 0 Å². The first-order chi connectivity index (χ1) is 12.6. The lowest BCUT2D eigenvalue weighted by atomic mass is 10.1.